The van der Waals surface area contributed by atoms with Gasteiger partial charge in [0.15, 0.2) is 0 Å². The van der Waals surface area contributed by atoms with Crippen molar-refractivity contribution in [3.8, 4) is 0 Å². The lowest BCUT2D eigenvalue weighted by atomic mass is 9.91. The molecule has 0 saturated heterocycles. The fraction of sp³-hybridized carbons (Fsp3) is 0.462. The molecule has 0 spiro atoms. The zero-order valence-corrected chi connectivity index (χ0v) is 11.8. The molecule has 1 aromatic carbocycles. The van der Waals surface area contributed by atoms with Gasteiger partial charge in [-0.05, 0) is 38.7 Å². The molecule has 4 nitrogen and oxygen atoms in total. The SMILES string of the molecule is CN(C)CCNC(C)(C(N)=O)c1cccc(Cl)c1. The number of primary amides is 1. The fourth-order valence-electron chi connectivity index (χ4n) is 1.66. The number of carbonyl (C=O) groups is 1. The minimum absolute atomic E-state index is 0.413. The molecule has 1 rings (SSSR count). The highest BCUT2D eigenvalue weighted by atomic mass is 35.5. The van der Waals surface area contributed by atoms with E-state index in [9.17, 15) is 4.79 Å². The van der Waals surface area contributed by atoms with Crippen molar-refractivity contribution in [2.24, 2.45) is 5.73 Å². The monoisotopic (exact) mass is 269 g/mol. The predicted octanol–water partition coefficient (Wildman–Crippen LogP) is 1.19. The highest BCUT2D eigenvalue weighted by Gasteiger charge is 2.32. The van der Waals surface area contributed by atoms with Gasteiger partial charge in [0.2, 0.25) is 5.91 Å². The predicted molar refractivity (Wildman–Crippen MR) is 74.6 cm³/mol. The van der Waals surface area contributed by atoms with Gasteiger partial charge in [-0.25, -0.2) is 0 Å². The maximum atomic E-state index is 11.7. The molecule has 0 bridgehead atoms. The first-order chi connectivity index (χ1) is 8.36. The van der Waals surface area contributed by atoms with Crippen molar-refractivity contribution in [3.05, 3.63) is 34.9 Å². The third-order valence-corrected chi connectivity index (χ3v) is 3.17. The Bertz CT molecular complexity index is 422. The summed E-state index contributed by atoms with van der Waals surface area (Å²) < 4.78 is 0. The van der Waals surface area contributed by atoms with E-state index in [1.165, 1.54) is 0 Å². The molecular weight excluding hydrogens is 250 g/mol. The van der Waals surface area contributed by atoms with Crippen LogP contribution in [-0.4, -0.2) is 38.0 Å². The van der Waals surface area contributed by atoms with E-state index < -0.39 is 11.4 Å². The Balaban J connectivity index is 2.90. The van der Waals surface area contributed by atoms with Crippen molar-refractivity contribution in [3.63, 3.8) is 0 Å². The van der Waals surface area contributed by atoms with Crippen molar-refractivity contribution >= 4 is 17.5 Å². The molecule has 0 heterocycles. The van der Waals surface area contributed by atoms with Crippen LogP contribution in [0.15, 0.2) is 24.3 Å². The normalized spacial score (nSPS) is 14.5. The minimum Gasteiger partial charge on any atom is -0.368 e. The third-order valence-electron chi connectivity index (χ3n) is 2.93. The summed E-state index contributed by atoms with van der Waals surface area (Å²) in [5.41, 5.74) is 5.39. The zero-order chi connectivity index (χ0) is 13.8. The summed E-state index contributed by atoms with van der Waals surface area (Å²) >= 11 is 5.95. The molecule has 1 amide bonds. The lowest BCUT2D eigenvalue weighted by Crippen LogP contribution is -2.51. The van der Waals surface area contributed by atoms with Crippen molar-refractivity contribution in [2.45, 2.75) is 12.5 Å². The van der Waals surface area contributed by atoms with Crippen LogP contribution < -0.4 is 11.1 Å². The first kappa shape index (κ1) is 15.0. The lowest BCUT2D eigenvalue weighted by molar-refractivity contribution is -0.124. The van der Waals surface area contributed by atoms with Gasteiger partial charge in [0.25, 0.3) is 0 Å². The van der Waals surface area contributed by atoms with E-state index in [0.717, 1.165) is 12.1 Å². The Hall–Kier alpha value is -1.10. The van der Waals surface area contributed by atoms with E-state index >= 15 is 0 Å². The molecule has 18 heavy (non-hydrogen) atoms. The summed E-state index contributed by atoms with van der Waals surface area (Å²) in [4.78, 5) is 13.7. The second kappa shape index (κ2) is 6.18. The molecular formula is C13H20ClN3O. The summed E-state index contributed by atoms with van der Waals surface area (Å²) in [6.45, 7) is 3.26. The van der Waals surface area contributed by atoms with Crippen LogP contribution >= 0.6 is 11.6 Å². The summed E-state index contributed by atoms with van der Waals surface area (Å²) in [6.07, 6.45) is 0. The Morgan fingerprint density at radius 3 is 2.67 bits per heavy atom. The van der Waals surface area contributed by atoms with Crippen LogP contribution in [0, 0.1) is 0 Å². The molecule has 5 heteroatoms. The largest absolute Gasteiger partial charge is 0.368 e. The number of likely N-dealkylation sites (N-methyl/N-ethyl adjacent to an activating group) is 1. The summed E-state index contributed by atoms with van der Waals surface area (Å²) in [7, 11) is 3.95. The number of hydrogen-bond acceptors (Lipinski definition) is 3. The fourth-order valence-corrected chi connectivity index (χ4v) is 1.85. The molecule has 3 N–H and O–H groups in total. The van der Waals surface area contributed by atoms with Gasteiger partial charge in [0.05, 0.1) is 0 Å². The number of nitrogens with zero attached hydrogens (tertiary/aromatic N) is 1. The molecule has 0 aliphatic rings. The number of halogens is 1. The van der Waals surface area contributed by atoms with Gasteiger partial charge in [0.1, 0.15) is 5.54 Å². The van der Waals surface area contributed by atoms with Crippen molar-refractivity contribution in [1.82, 2.24) is 10.2 Å². The Morgan fingerprint density at radius 1 is 1.50 bits per heavy atom. The molecule has 0 aromatic heterocycles. The van der Waals surface area contributed by atoms with Crippen molar-refractivity contribution in [1.29, 1.82) is 0 Å². The molecule has 0 aliphatic carbocycles. The molecule has 1 aromatic rings. The number of benzene rings is 1. The quantitative estimate of drug-likeness (QED) is 0.816. The minimum atomic E-state index is -0.902. The van der Waals surface area contributed by atoms with Gasteiger partial charge < -0.3 is 10.6 Å². The number of amides is 1. The molecule has 0 radical (unpaired) electrons. The van der Waals surface area contributed by atoms with E-state index in [4.69, 9.17) is 17.3 Å². The van der Waals surface area contributed by atoms with Crippen LogP contribution in [0.5, 0.6) is 0 Å². The maximum absolute atomic E-state index is 11.7. The first-order valence-electron chi connectivity index (χ1n) is 5.82. The topological polar surface area (TPSA) is 58.4 Å². The second-order valence-corrected chi connectivity index (χ2v) is 5.17. The Kier molecular flexibility index (Phi) is 5.14. The number of carbonyl (C=O) groups excluding carboxylic acids is 1. The summed E-state index contributed by atoms with van der Waals surface area (Å²) in [5.74, 6) is -0.413. The van der Waals surface area contributed by atoms with E-state index in [2.05, 4.69) is 5.32 Å². The van der Waals surface area contributed by atoms with Crippen LogP contribution in [0.25, 0.3) is 0 Å². The van der Waals surface area contributed by atoms with Gasteiger partial charge in [-0.15, -0.1) is 0 Å². The molecule has 1 unspecified atom stereocenters. The first-order valence-corrected chi connectivity index (χ1v) is 6.20. The van der Waals surface area contributed by atoms with Crippen LogP contribution in [0.4, 0.5) is 0 Å². The molecule has 1 atom stereocenters. The lowest BCUT2D eigenvalue weighted by Gasteiger charge is -2.29. The highest BCUT2D eigenvalue weighted by Crippen LogP contribution is 2.23. The molecule has 100 valence electrons. The molecule has 0 saturated carbocycles. The number of nitrogens with one attached hydrogen (secondary N) is 1. The van der Waals surface area contributed by atoms with Crippen LogP contribution in [0.3, 0.4) is 0 Å². The smallest absolute Gasteiger partial charge is 0.242 e. The van der Waals surface area contributed by atoms with Gasteiger partial charge >= 0.3 is 0 Å². The van der Waals surface area contributed by atoms with E-state index in [1.807, 2.05) is 31.1 Å². The second-order valence-electron chi connectivity index (χ2n) is 4.73. The average molecular weight is 270 g/mol. The average Bonchev–Trinajstić information content (AvgIpc) is 2.28. The van der Waals surface area contributed by atoms with E-state index in [1.54, 1.807) is 19.1 Å². The van der Waals surface area contributed by atoms with Crippen LogP contribution in [-0.2, 0) is 10.3 Å². The Morgan fingerprint density at radius 2 is 2.17 bits per heavy atom. The van der Waals surface area contributed by atoms with Gasteiger partial charge in [-0.3, -0.25) is 10.1 Å². The zero-order valence-electron chi connectivity index (χ0n) is 11.0. The maximum Gasteiger partial charge on any atom is 0.242 e. The molecule has 0 aliphatic heterocycles. The highest BCUT2D eigenvalue weighted by molar-refractivity contribution is 6.30. The summed E-state index contributed by atoms with van der Waals surface area (Å²) in [5, 5.41) is 3.79. The Labute approximate surface area is 113 Å². The van der Waals surface area contributed by atoms with E-state index in [-0.39, 0.29) is 0 Å². The van der Waals surface area contributed by atoms with Crippen LogP contribution in [0.2, 0.25) is 5.02 Å². The van der Waals surface area contributed by atoms with Crippen LogP contribution in [0.1, 0.15) is 12.5 Å². The molecule has 0 fully saturated rings. The van der Waals surface area contributed by atoms with E-state index in [0.29, 0.717) is 11.6 Å². The summed E-state index contributed by atoms with van der Waals surface area (Å²) in [6, 6.07) is 7.19. The van der Waals surface area contributed by atoms with Gasteiger partial charge in [-0.1, -0.05) is 23.7 Å². The van der Waals surface area contributed by atoms with Crippen molar-refractivity contribution in [2.75, 3.05) is 27.2 Å². The number of rotatable bonds is 6. The number of nitrogens with two attached hydrogens (primary N) is 1. The van der Waals surface area contributed by atoms with Gasteiger partial charge in [0, 0.05) is 18.1 Å². The standard InChI is InChI=1S/C13H20ClN3O/c1-13(12(15)18,16-7-8-17(2)3)10-5-4-6-11(14)9-10/h4-6,9,16H,7-8H2,1-3H3,(H2,15,18). The van der Waals surface area contributed by atoms with Crippen molar-refractivity contribution < 1.29 is 4.79 Å². The van der Waals surface area contributed by atoms with Gasteiger partial charge in [-0.2, -0.15) is 0 Å². The third kappa shape index (κ3) is 3.70. The number of hydrogen-bond donors (Lipinski definition) is 2.